The minimum absolute atomic E-state index is 0.166. The van der Waals surface area contributed by atoms with Gasteiger partial charge in [0.15, 0.2) is 0 Å². The first-order chi connectivity index (χ1) is 13.0. The van der Waals surface area contributed by atoms with Crippen LogP contribution in [-0.2, 0) is 4.74 Å². The van der Waals surface area contributed by atoms with Crippen LogP contribution in [0.2, 0.25) is 0 Å². The second-order valence-corrected chi connectivity index (χ2v) is 7.69. The van der Waals surface area contributed by atoms with E-state index in [9.17, 15) is 14.0 Å². The van der Waals surface area contributed by atoms with Crippen molar-refractivity contribution in [1.82, 2.24) is 10.2 Å². The van der Waals surface area contributed by atoms with Crippen molar-refractivity contribution in [2.45, 2.75) is 64.5 Å². The Bertz CT molecular complexity index is 680. The van der Waals surface area contributed by atoms with Crippen LogP contribution in [0.1, 0.15) is 61.4 Å². The van der Waals surface area contributed by atoms with E-state index in [4.69, 9.17) is 4.74 Å². The highest BCUT2D eigenvalue weighted by molar-refractivity contribution is 5.94. The molecule has 0 aliphatic carbocycles. The van der Waals surface area contributed by atoms with Gasteiger partial charge in [0.2, 0.25) is 0 Å². The summed E-state index contributed by atoms with van der Waals surface area (Å²) in [5.74, 6) is -0.000479. The quantitative estimate of drug-likeness (QED) is 0.762. The number of halogens is 1. The SMILES string of the molecule is CCOC(=O)N1C2CCC1CC(CCCNC(=O)c1ccc(C)c(F)c1)C2. The van der Waals surface area contributed by atoms with E-state index in [1.54, 1.807) is 19.1 Å². The second-order valence-electron chi connectivity index (χ2n) is 7.69. The van der Waals surface area contributed by atoms with Crippen LogP contribution < -0.4 is 5.32 Å². The van der Waals surface area contributed by atoms with Crippen LogP contribution in [0.15, 0.2) is 18.2 Å². The average Bonchev–Trinajstić information content (AvgIpc) is 2.92. The van der Waals surface area contributed by atoms with Gasteiger partial charge < -0.3 is 15.0 Å². The third kappa shape index (κ3) is 4.60. The number of ether oxygens (including phenoxy) is 1. The van der Waals surface area contributed by atoms with Crippen molar-refractivity contribution in [2.24, 2.45) is 5.92 Å². The molecule has 0 spiro atoms. The Balaban J connectivity index is 1.41. The Morgan fingerprint density at radius 2 is 1.96 bits per heavy atom. The molecule has 2 atom stereocenters. The van der Waals surface area contributed by atoms with Gasteiger partial charge >= 0.3 is 6.09 Å². The first kappa shape index (κ1) is 19.6. The number of hydrogen-bond donors (Lipinski definition) is 1. The van der Waals surface area contributed by atoms with E-state index in [1.807, 2.05) is 11.8 Å². The zero-order chi connectivity index (χ0) is 19.4. The van der Waals surface area contributed by atoms with E-state index in [0.717, 1.165) is 38.5 Å². The molecule has 2 bridgehead atoms. The van der Waals surface area contributed by atoms with Crippen molar-refractivity contribution in [3.05, 3.63) is 35.1 Å². The van der Waals surface area contributed by atoms with Gasteiger partial charge in [0, 0.05) is 24.2 Å². The molecule has 1 aromatic rings. The maximum atomic E-state index is 13.6. The highest BCUT2D eigenvalue weighted by Gasteiger charge is 2.43. The van der Waals surface area contributed by atoms with Crippen molar-refractivity contribution in [3.63, 3.8) is 0 Å². The van der Waals surface area contributed by atoms with Gasteiger partial charge in [0.1, 0.15) is 5.82 Å². The minimum Gasteiger partial charge on any atom is -0.450 e. The number of piperidine rings is 1. The Labute approximate surface area is 160 Å². The zero-order valence-electron chi connectivity index (χ0n) is 16.2. The third-order valence-corrected chi connectivity index (χ3v) is 5.82. The number of hydrogen-bond acceptors (Lipinski definition) is 3. The van der Waals surface area contributed by atoms with Crippen LogP contribution in [0.3, 0.4) is 0 Å². The first-order valence-corrected chi connectivity index (χ1v) is 9.99. The van der Waals surface area contributed by atoms with E-state index in [0.29, 0.717) is 42.3 Å². The molecule has 0 radical (unpaired) electrons. The van der Waals surface area contributed by atoms with Gasteiger partial charge in [0.05, 0.1) is 6.61 Å². The molecule has 2 unspecified atom stereocenters. The van der Waals surface area contributed by atoms with Gasteiger partial charge in [-0.1, -0.05) is 6.07 Å². The highest BCUT2D eigenvalue weighted by atomic mass is 19.1. The molecule has 2 aliphatic heterocycles. The Morgan fingerprint density at radius 1 is 1.26 bits per heavy atom. The van der Waals surface area contributed by atoms with Gasteiger partial charge in [-0.3, -0.25) is 4.79 Å². The second kappa shape index (κ2) is 8.72. The molecule has 148 valence electrons. The predicted octanol–water partition coefficient (Wildman–Crippen LogP) is 4.04. The van der Waals surface area contributed by atoms with Crippen molar-refractivity contribution in [2.75, 3.05) is 13.2 Å². The fourth-order valence-corrected chi connectivity index (χ4v) is 4.45. The maximum absolute atomic E-state index is 13.6. The maximum Gasteiger partial charge on any atom is 0.410 e. The molecule has 0 saturated carbocycles. The summed E-state index contributed by atoms with van der Waals surface area (Å²) >= 11 is 0. The lowest BCUT2D eigenvalue weighted by molar-refractivity contribution is 0.0588. The van der Waals surface area contributed by atoms with E-state index < -0.39 is 0 Å². The van der Waals surface area contributed by atoms with Crippen LogP contribution in [-0.4, -0.2) is 42.1 Å². The number of amides is 2. The van der Waals surface area contributed by atoms with Gasteiger partial charge in [0.25, 0.3) is 5.91 Å². The van der Waals surface area contributed by atoms with Crippen LogP contribution >= 0.6 is 0 Å². The molecule has 5 nitrogen and oxygen atoms in total. The molecule has 1 N–H and O–H groups in total. The van der Waals surface area contributed by atoms with Crippen molar-refractivity contribution >= 4 is 12.0 Å². The largest absolute Gasteiger partial charge is 0.450 e. The highest BCUT2D eigenvalue weighted by Crippen LogP contribution is 2.40. The molecule has 3 rings (SSSR count). The molecular weight excluding hydrogens is 347 g/mol. The van der Waals surface area contributed by atoms with Crippen molar-refractivity contribution in [3.8, 4) is 0 Å². The van der Waals surface area contributed by atoms with Gasteiger partial charge in [-0.05, 0) is 76.0 Å². The normalized spacial score (nSPS) is 24.0. The summed E-state index contributed by atoms with van der Waals surface area (Å²) in [5, 5.41) is 2.88. The number of carbonyl (C=O) groups excluding carboxylic acids is 2. The minimum atomic E-state index is -0.355. The van der Waals surface area contributed by atoms with Crippen molar-refractivity contribution < 1.29 is 18.7 Å². The van der Waals surface area contributed by atoms with Crippen molar-refractivity contribution in [1.29, 1.82) is 0 Å². The summed E-state index contributed by atoms with van der Waals surface area (Å²) in [6.45, 7) is 4.52. The average molecular weight is 376 g/mol. The number of nitrogens with zero attached hydrogens (tertiary/aromatic N) is 1. The molecule has 6 heteroatoms. The van der Waals surface area contributed by atoms with Crippen LogP contribution in [0.5, 0.6) is 0 Å². The number of carbonyl (C=O) groups is 2. The lowest BCUT2D eigenvalue weighted by Crippen LogP contribution is -2.46. The Morgan fingerprint density at radius 3 is 2.59 bits per heavy atom. The molecule has 2 heterocycles. The fourth-order valence-electron chi connectivity index (χ4n) is 4.45. The van der Waals surface area contributed by atoms with Gasteiger partial charge in [-0.15, -0.1) is 0 Å². The molecule has 2 amide bonds. The molecule has 0 aromatic heterocycles. The van der Waals surface area contributed by atoms with Crippen LogP contribution in [0.25, 0.3) is 0 Å². The molecule has 2 fully saturated rings. The standard InChI is InChI=1S/C21H29FN2O3/c1-3-27-21(26)24-17-8-9-18(24)12-15(11-17)5-4-10-23-20(25)16-7-6-14(2)19(22)13-16/h6-7,13,15,17-18H,3-5,8-12H2,1-2H3,(H,23,25). The third-order valence-electron chi connectivity index (χ3n) is 5.82. The molecule has 2 aliphatic rings. The predicted molar refractivity (Wildman–Crippen MR) is 101 cm³/mol. The summed E-state index contributed by atoms with van der Waals surface area (Å²) in [7, 11) is 0. The number of benzene rings is 1. The summed E-state index contributed by atoms with van der Waals surface area (Å²) in [6, 6.07) is 5.16. The summed E-state index contributed by atoms with van der Waals surface area (Å²) in [4.78, 5) is 26.2. The van der Waals surface area contributed by atoms with Gasteiger partial charge in [-0.25, -0.2) is 9.18 Å². The number of fused-ring (bicyclic) bond motifs is 2. The van der Waals surface area contributed by atoms with E-state index in [-0.39, 0.29) is 17.8 Å². The summed E-state index contributed by atoms with van der Waals surface area (Å²) in [5.41, 5.74) is 0.897. The number of nitrogens with one attached hydrogen (secondary N) is 1. The molecule has 2 saturated heterocycles. The monoisotopic (exact) mass is 376 g/mol. The van der Waals surface area contributed by atoms with E-state index in [1.165, 1.54) is 6.07 Å². The van der Waals surface area contributed by atoms with Crippen LogP contribution in [0.4, 0.5) is 9.18 Å². The summed E-state index contributed by atoms with van der Waals surface area (Å²) in [6.07, 6.45) is 5.93. The number of aryl methyl sites for hydroxylation is 1. The topological polar surface area (TPSA) is 58.6 Å². The zero-order valence-corrected chi connectivity index (χ0v) is 16.2. The lowest BCUT2D eigenvalue weighted by Gasteiger charge is -2.38. The Hall–Kier alpha value is -2.11. The fraction of sp³-hybridized carbons (Fsp3) is 0.619. The summed E-state index contributed by atoms with van der Waals surface area (Å²) < 4.78 is 18.8. The Kier molecular flexibility index (Phi) is 6.34. The number of rotatable bonds is 6. The van der Waals surface area contributed by atoms with Crippen LogP contribution in [0, 0.1) is 18.7 Å². The van der Waals surface area contributed by atoms with E-state index in [2.05, 4.69) is 5.32 Å². The molecule has 27 heavy (non-hydrogen) atoms. The first-order valence-electron chi connectivity index (χ1n) is 9.99. The van der Waals surface area contributed by atoms with Gasteiger partial charge in [-0.2, -0.15) is 0 Å². The molecular formula is C21H29FN2O3. The van der Waals surface area contributed by atoms with E-state index >= 15 is 0 Å². The molecule has 1 aromatic carbocycles. The smallest absolute Gasteiger partial charge is 0.410 e. The lowest BCUT2D eigenvalue weighted by atomic mass is 9.87.